The van der Waals surface area contributed by atoms with E-state index in [9.17, 15) is 5.11 Å². The van der Waals surface area contributed by atoms with Crippen LogP contribution in [0.15, 0.2) is 0 Å². The molecule has 1 aliphatic rings. The van der Waals surface area contributed by atoms with Gasteiger partial charge >= 0.3 is 0 Å². The smallest absolute Gasteiger partial charge is 0.0771 e. The summed E-state index contributed by atoms with van der Waals surface area (Å²) < 4.78 is 0. The van der Waals surface area contributed by atoms with Crippen LogP contribution in [0.25, 0.3) is 0 Å². The zero-order valence-electron chi connectivity index (χ0n) is 7.40. The van der Waals surface area contributed by atoms with E-state index in [0.29, 0.717) is 0 Å². The molecule has 0 heterocycles. The van der Waals surface area contributed by atoms with E-state index in [0.717, 1.165) is 32.4 Å². The van der Waals surface area contributed by atoms with Gasteiger partial charge < -0.3 is 10.4 Å². The van der Waals surface area contributed by atoms with Gasteiger partial charge in [-0.3, -0.25) is 0 Å². The molecule has 0 aromatic rings. The maximum atomic E-state index is 9.86. The average Bonchev–Trinajstić information content (AvgIpc) is 2.38. The lowest BCUT2D eigenvalue weighted by Gasteiger charge is -2.22. The second kappa shape index (κ2) is 4.07. The number of rotatable bonds is 4. The molecule has 0 spiro atoms. The molecule has 1 fully saturated rings. The zero-order valence-corrected chi connectivity index (χ0v) is 7.40. The highest BCUT2D eigenvalue weighted by Crippen LogP contribution is 2.28. The van der Waals surface area contributed by atoms with Gasteiger partial charge in [0.1, 0.15) is 0 Å². The van der Waals surface area contributed by atoms with Crippen molar-refractivity contribution in [2.24, 2.45) is 0 Å². The molecular weight excluding hydrogens is 138 g/mol. The lowest BCUT2D eigenvalue weighted by molar-refractivity contribution is 0.0480. The Labute approximate surface area is 69.0 Å². The number of nitrogens with one attached hydrogen (secondary N) is 1. The topological polar surface area (TPSA) is 32.3 Å². The summed E-state index contributed by atoms with van der Waals surface area (Å²) in [6, 6.07) is 0. The third-order valence-corrected chi connectivity index (χ3v) is 2.42. The van der Waals surface area contributed by atoms with Crippen LogP contribution >= 0.6 is 0 Å². The normalized spacial score (nSPS) is 22.4. The predicted octanol–water partition coefficient (Wildman–Crippen LogP) is 1.29. The minimum absolute atomic E-state index is 0.366. The van der Waals surface area contributed by atoms with Crippen molar-refractivity contribution in [3.05, 3.63) is 0 Å². The monoisotopic (exact) mass is 157 g/mol. The first-order valence-electron chi connectivity index (χ1n) is 4.70. The SMILES string of the molecule is CCCNCC1(O)CCCC1. The minimum atomic E-state index is -0.366. The van der Waals surface area contributed by atoms with Crippen molar-refractivity contribution in [2.45, 2.75) is 44.6 Å². The van der Waals surface area contributed by atoms with E-state index in [1.54, 1.807) is 0 Å². The third-order valence-electron chi connectivity index (χ3n) is 2.42. The Kier molecular flexibility index (Phi) is 3.34. The molecule has 0 aliphatic heterocycles. The van der Waals surface area contributed by atoms with E-state index in [1.165, 1.54) is 12.8 Å². The highest BCUT2D eigenvalue weighted by Gasteiger charge is 2.29. The van der Waals surface area contributed by atoms with Gasteiger partial charge in [0.25, 0.3) is 0 Å². The van der Waals surface area contributed by atoms with Crippen LogP contribution in [-0.4, -0.2) is 23.8 Å². The average molecular weight is 157 g/mol. The summed E-state index contributed by atoms with van der Waals surface area (Å²) in [7, 11) is 0. The second-order valence-electron chi connectivity index (χ2n) is 3.61. The van der Waals surface area contributed by atoms with Crippen LogP contribution in [0.5, 0.6) is 0 Å². The Morgan fingerprint density at radius 2 is 2.00 bits per heavy atom. The fraction of sp³-hybridized carbons (Fsp3) is 1.00. The van der Waals surface area contributed by atoms with Crippen molar-refractivity contribution < 1.29 is 5.11 Å². The quantitative estimate of drug-likeness (QED) is 0.603. The molecule has 2 nitrogen and oxygen atoms in total. The lowest BCUT2D eigenvalue weighted by atomic mass is 10.0. The van der Waals surface area contributed by atoms with Crippen molar-refractivity contribution >= 4 is 0 Å². The summed E-state index contributed by atoms with van der Waals surface area (Å²) >= 11 is 0. The van der Waals surface area contributed by atoms with Crippen molar-refractivity contribution in [1.82, 2.24) is 5.32 Å². The highest BCUT2D eigenvalue weighted by molar-refractivity contribution is 4.85. The standard InChI is InChI=1S/C9H19NO/c1-2-7-10-8-9(11)5-3-4-6-9/h10-11H,2-8H2,1H3. The van der Waals surface area contributed by atoms with E-state index < -0.39 is 0 Å². The van der Waals surface area contributed by atoms with Gasteiger partial charge in [0.05, 0.1) is 5.60 Å². The van der Waals surface area contributed by atoms with Crippen LogP contribution in [0.4, 0.5) is 0 Å². The van der Waals surface area contributed by atoms with Crippen molar-refractivity contribution in [3.63, 3.8) is 0 Å². The Bertz CT molecular complexity index is 108. The van der Waals surface area contributed by atoms with Gasteiger partial charge in [-0.15, -0.1) is 0 Å². The second-order valence-corrected chi connectivity index (χ2v) is 3.61. The van der Waals surface area contributed by atoms with Gasteiger partial charge in [-0.05, 0) is 25.8 Å². The molecule has 2 heteroatoms. The lowest BCUT2D eigenvalue weighted by Crippen LogP contribution is -2.38. The Hall–Kier alpha value is -0.0800. The molecule has 0 radical (unpaired) electrons. The third kappa shape index (κ3) is 2.80. The van der Waals surface area contributed by atoms with E-state index in [4.69, 9.17) is 0 Å². The molecular formula is C9H19NO. The summed E-state index contributed by atoms with van der Waals surface area (Å²) in [6.45, 7) is 3.97. The molecule has 0 saturated heterocycles. The van der Waals surface area contributed by atoms with E-state index >= 15 is 0 Å². The number of aliphatic hydroxyl groups is 1. The Balaban J connectivity index is 2.13. The number of hydrogen-bond acceptors (Lipinski definition) is 2. The van der Waals surface area contributed by atoms with E-state index in [1.807, 2.05) is 0 Å². The molecule has 0 unspecified atom stereocenters. The first-order valence-corrected chi connectivity index (χ1v) is 4.70. The molecule has 1 aliphatic carbocycles. The van der Waals surface area contributed by atoms with Crippen LogP contribution in [0.2, 0.25) is 0 Å². The van der Waals surface area contributed by atoms with Gasteiger partial charge in [0, 0.05) is 6.54 Å². The van der Waals surface area contributed by atoms with Crippen LogP contribution in [0, 0.1) is 0 Å². The van der Waals surface area contributed by atoms with Gasteiger partial charge in [-0.25, -0.2) is 0 Å². The summed E-state index contributed by atoms with van der Waals surface area (Å²) in [5.41, 5.74) is -0.366. The summed E-state index contributed by atoms with van der Waals surface area (Å²) in [6.07, 6.45) is 5.53. The van der Waals surface area contributed by atoms with Crippen LogP contribution in [0.3, 0.4) is 0 Å². The molecule has 0 aromatic carbocycles. The molecule has 1 rings (SSSR count). The van der Waals surface area contributed by atoms with E-state index in [-0.39, 0.29) is 5.60 Å². The van der Waals surface area contributed by atoms with E-state index in [2.05, 4.69) is 12.2 Å². The molecule has 0 atom stereocenters. The summed E-state index contributed by atoms with van der Waals surface area (Å²) in [5.74, 6) is 0. The minimum Gasteiger partial charge on any atom is -0.389 e. The van der Waals surface area contributed by atoms with Crippen molar-refractivity contribution in [3.8, 4) is 0 Å². The molecule has 66 valence electrons. The van der Waals surface area contributed by atoms with Crippen LogP contribution in [-0.2, 0) is 0 Å². The summed E-state index contributed by atoms with van der Waals surface area (Å²) in [5, 5.41) is 13.1. The first kappa shape index (κ1) is 9.01. The van der Waals surface area contributed by atoms with Gasteiger partial charge in [0.2, 0.25) is 0 Å². The molecule has 2 N–H and O–H groups in total. The first-order chi connectivity index (χ1) is 5.27. The van der Waals surface area contributed by atoms with Gasteiger partial charge in [-0.1, -0.05) is 19.8 Å². The van der Waals surface area contributed by atoms with Gasteiger partial charge in [0.15, 0.2) is 0 Å². The maximum Gasteiger partial charge on any atom is 0.0771 e. The molecule has 1 saturated carbocycles. The Morgan fingerprint density at radius 3 is 2.55 bits per heavy atom. The molecule has 0 amide bonds. The number of hydrogen-bond donors (Lipinski definition) is 2. The van der Waals surface area contributed by atoms with Crippen molar-refractivity contribution in [2.75, 3.05) is 13.1 Å². The van der Waals surface area contributed by atoms with Crippen LogP contribution < -0.4 is 5.32 Å². The highest BCUT2D eigenvalue weighted by atomic mass is 16.3. The molecule has 0 aromatic heterocycles. The van der Waals surface area contributed by atoms with Crippen molar-refractivity contribution in [1.29, 1.82) is 0 Å². The maximum absolute atomic E-state index is 9.86. The fourth-order valence-electron chi connectivity index (χ4n) is 1.71. The molecule has 11 heavy (non-hydrogen) atoms. The predicted molar refractivity (Wildman–Crippen MR) is 46.6 cm³/mol. The fourth-order valence-corrected chi connectivity index (χ4v) is 1.71. The molecule has 0 bridgehead atoms. The Morgan fingerprint density at radius 1 is 1.36 bits per heavy atom. The zero-order chi connectivity index (χ0) is 8.16. The largest absolute Gasteiger partial charge is 0.389 e. The summed E-state index contributed by atoms with van der Waals surface area (Å²) in [4.78, 5) is 0. The van der Waals surface area contributed by atoms with Gasteiger partial charge in [-0.2, -0.15) is 0 Å². The van der Waals surface area contributed by atoms with Crippen LogP contribution in [0.1, 0.15) is 39.0 Å².